The van der Waals surface area contributed by atoms with Crippen molar-refractivity contribution in [2.24, 2.45) is 10.9 Å². The quantitative estimate of drug-likeness (QED) is 0.293. The van der Waals surface area contributed by atoms with E-state index in [0.29, 0.717) is 22.2 Å². The fraction of sp³-hybridized carbons (Fsp3) is 0. The van der Waals surface area contributed by atoms with Crippen molar-refractivity contribution in [2.75, 3.05) is 5.32 Å². The zero-order valence-corrected chi connectivity index (χ0v) is 12.5. The van der Waals surface area contributed by atoms with Gasteiger partial charge in [-0.05, 0) is 36.4 Å². The van der Waals surface area contributed by atoms with Crippen LogP contribution in [0.3, 0.4) is 0 Å². The molecule has 0 aliphatic rings. The van der Waals surface area contributed by atoms with Gasteiger partial charge in [-0.15, -0.1) is 0 Å². The molecule has 0 fully saturated rings. The highest BCUT2D eigenvalue weighted by molar-refractivity contribution is 6.30. The molecule has 0 amide bonds. The second-order valence-electron chi connectivity index (χ2n) is 4.55. The van der Waals surface area contributed by atoms with Crippen LogP contribution in [0.2, 0.25) is 5.02 Å². The van der Waals surface area contributed by atoms with Gasteiger partial charge in [-0.3, -0.25) is 4.98 Å². The molecule has 3 rings (SSSR count). The molecule has 0 saturated heterocycles. The lowest BCUT2D eigenvalue weighted by molar-refractivity contribution is 0.318. The summed E-state index contributed by atoms with van der Waals surface area (Å²) in [7, 11) is 0. The lowest BCUT2D eigenvalue weighted by atomic mass is 10.2. The number of oxime groups is 1. The number of oxazole rings is 1. The molecule has 0 aliphatic heterocycles. The number of nitrogens with zero attached hydrogens (tertiary/aromatic N) is 3. The third-order valence-corrected chi connectivity index (χ3v) is 3.29. The van der Waals surface area contributed by atoms with Crippen LogP contribution in [0.1, 0.15) is 5.69 Å². The van der Waals surface area contributed by atoms with E-state index >= 15 is 0 Å². The summed E-state index contributed by atoms with van der Waals surface area (Å²) in [6.07, 6.45) is 3.12. The lowest BCUT2D eigenvalue weighted by Crippen LogP contribution is -2.16. The third-order valence-electron chi connectivity index (χ3n) is 3.03. The van der Waals surface area contributed by atoms with Crippen molar-refractivity contribution in [1.29, 1.82) is 0 Å². The van der Waals surface area contributed by atoms with Crippen molar-refractivity contribution in [3.8, 4) is 11.3 Å². The smallest absolute Gasteiger partial charge is 0.299 e. The monoisotopic (exact) mass is 329 g/mol. The predicted molar refractivity (Wildman–Crippen MR) is 87.0 cm³/mol. The first-order valence-electron chi connectivity index (χ1n) is 6.59. The topological polar surface area (TPSA) is 110 Å². The Balaban J connectivity index is 1.87. The second kappa shape index (κ2) is 6.37. The van der Waals surface area contributed by atoms with Crippen LogP contribution >= 0.6 is 11.6 Å². The molecule has 8 heteroatoms. The standard InChI is InChI=1S/C15H12ClN5O2/c16-10-5-3-9(4-6-10)12-8-19-15(23-12)20-11-2-1-7-18-13(11)14(17)21-22/h1-8,22H,(H2,17,21)(H,19,20). The summed E-state index contributed by atoms with van der Waals surface area (Å²) in [6.45, 7) is 0. The Labute approximate surface area is 136 Å². The van der Waals surface area contributed by atoms with Gasteiger partial charge in [0.1, 0.15) is 5.69 Å². The van der Waals surface area contributed by atoms with E-state index in [4.69, 9.17) is 27.0 Å². The van der Waals surface area contributed by atoms with E-state index in [2.05, 4.69) is 20.4 Å². The number of nitrogens with two attached hydrogens (primary N) is 1. The van der Waals surface area contributed by atoms with Crippen LogP contribution in [-0.2, 0) is 0 Å². The average molecular weight is 330 g/mol. The summed E-state index contributed by atoms with van der Waals surface area (Å²) in [5.74, 6) is 0.469. The van der Waals surface area contributed by atoms with Gasteiger partial charge in [-0.2, -0.15) is 0 Å². The molecule has 0 bridgehead atoms. The van der Waals surface area contributed by atoms with E-state index in [1.807, 2.05) is 12.1 Å². The highest BCUT2D eigenvalue weighted by Gasteiger charge is 2.12. The molecule has 1 aromatic carbocycles. The maximum absolute atomic E-state index is 8.80. The van der Waals surface area contributed by atoms with Crippen molar-refractivity contribution in [1.82, 2.24) is 9.97 Å². The summed E-state index contributed by atoms with van der Waals surface area (Å²) in [6, 6.07) is 10.9. The van der Waals surface area contributed by atoms with Crippen LogP contribution in [0, 0.1) is 0 Å². The van der Waals surface area contributed by atoms with E-state index in [1.54, 1.807) is 30.5 Å². The van der Waals surface area contributed by atoms with Gasteiger partial charge in [0.15, 0.2) is 11.6 Å². The van der Waals surface area contributed by atoms with Gasteiger partial charge in [0.2, 0.25) is 0 Å². The normalized spacial score (nSPS) is 11.4. The Morgan fingerprint density at radius 1 is 1.22 bits per heavy atom. The predicted octanol–water partition coefficient (Wildman–Crippen LogP) is 3.23. The molecule has 2 heterocycles. The molecule has 0 aliphatic carbocycles. The Hall–Kier alpha value is -3.06. The van der Waals surface area contributed by atoms with Crippen LogP contribution < -0.4 is 11.1 Å². The Bertz CT molecular complexity index is 845. The number of pyridine rings is 1. The van der Waals surface area contributed by atoms with Gasteiger partial charge in [0.05, 0.1) is 11.9 Å². The van der Waals surface area contributed by atoms with Crippen LogP contribution in [0.4, 0.5) is 11.7 Å². The van der Waals surface area contributed by atoms with Gasteiger partial charge in [0, 0.05) is 16.8 Å². The Kier molecular flexibility index (Phi) is 4.11. The number of halogens is 1. The molecule has 0 spiro atoms. The Morgan fingerprint density at radius 3 is 2.74 bits per heavy atom. The number of hydrogen-bond acceptors (Lipinski definition) is 6. The van der Waals surface area contributed by atoms with Crippen LogP contribution in [0.25, 0.3) is 11.3 Å². The summed E-state index contributed by atoms with van der Waals surface area (Å²) in [5, 5.41) is 15.3. The van der Waals surface area contributed by atoms with E-state index in [0.717, 1.165) is 5.56 Å². The summed E-state index contributed by atoms with van der Waals surface area (Å²) in [4.78, 5) is 8.21. The third kappa shape index (κ3) is 3.24. The molecule has 2 aromatic heterocycles. The molecule has 116 valence electrons. The van der Waals surface area contributed by atoms with Gasteiger partial charge in [-0.25, -0.2) is 4.98 Å². The molecule has 0 saturated carbocycles. The van der Waals surface area contributed by atoms with Crippen molar-refractivity contribution in [3.63, 3.8) is 0 Å². The number of anilines is 2. The van der Waals surface area contributed by atoms with Crippen molar-refractivity contribution in [3.05, 3.63) is 59.5 Å². The zero-order valence-electron chi connectivity index (χ0n) is 11.8. The highest BCUT2D eigenvalue weighted by Crippen LogP contribution is 2.26. The van der Waals surface area contributed by atoms with Crippen LogP contribution in [-0.4, -0.2) is 21.0 Å². The second-order valence-corrected chi connectivity index (χ2v) is 4.98. The molecule has 3 aromatic rings. The minimum atomic E-state index is -0.113. The maximum atomic E-state index is 8.80. The fourth-order valence-corrected chi connectivity index (χ4v) is 2.08. The largest absolute Gasteiger partial charge is 0.423 e. The van der Waals surface area contributed by atoms with Crippen molar-refractivity contribution < 1.29 is 9.62 Å². The number of aromatic nitrogens is 2. The van der Waals surface area contributed by atoms with Gasteiger partial charge in [-0.1, -0.05) is 16.8 Å². The first kappa shape index (κ1) is 14.9. The molecule has 0 radical (unpaired) electrons. The van der Waals surface area contributed by atoms with Crippen molar-refractivity contribution >= 4 is 29.1 Å². The van der Waals surface area contributed by atoms with Gasteiger partial charge >= 0.3 is 0 Å². The van der Waals surface area contributed by atoms with E-state index in [9.17, 15) is 0 Å². The van der Waals surface area contributed by atoms with Gasteiger partial charge < -0.3 is 20.7 Å². The molecular formula is C15H12ClN5O2. The minimum absolute atomic E-state index is 0.113. The number of benzene rings is 1. The highest BCUT2D eigenvalue weighted by atomic mass is 35.5. The molecular weight excluding hydrogens is 318 g/mol. The first-order chi connectivity index (χ1) is 11.2. The van der Waals surface area contributed by atoms with Crippen molar-refractivity contribution in [2.45, 2.75) is 0 Å². The number of nitrogens with one attached hydrogen (secondary N) is 1. The average Bonchev–Trinajstić information content (AvgIpc) is 3.04. The zero-order chi connectivity index (χ0) is 16.2. The van der Waals surface area contributed by atoms with Crippen LogP contribution in [0.5, 0.6) is 0 Å². The SMILES string of the molecule is NC(=NO)c1ncccc1Nc1ncc(-c2ccc(Cl)cc2)o1. The summed E-state index contributed by atoms with van der Waals surface area (Å²) < 4.78 is 5.65. The number of amidine groups is 1. The summed E-state index contributed by atoms with van der Waals surface area (Å²) >= 11 is 5.86. The number of rotatable bonds is 4. The summed E-state index contributed by atoms with van der Waals surface area (Å²) in [5.41, 5.74) is 7.24. The van der Waals surface area contributed by atoms with Crippen LogP contribution in [0.15, 0.2) is 58.4 Å². The molecule has 4 N–H and O–H groups in total. The molecule has 0 unspecified atom stereocenters. The molecule has 23 heavy (non-hydrogen) atoms. The number of hydrogen-bond donors (Lipinski definition) is 3. The van der Waals surface area contributed by atoms with E-state index in [1.165, 1.54) is 6.20 Å². The van der Waals surface area contributed by atoms with E-state index in [-0.39, 0.29) is 11.9 Å². The molecule has 0 atom stereocenters. The van der Waals surface area contributed by atoms with E-state index < -0.39 is 0 Å². The first-order valence-corrected chi connectivity index (χ1v) is 6.97. The maximum Gasteiger partial charge on any atom is 0.299 e. The minimum Gasteiger partial charge on any atom is -0.423 e. The van der Waals surface area contributed by atoms with Gasteiger partial charge in [0.25, 0.3) is 6.01 Å². The fourth-order valence-electron chi connectivity index (χ4n) is 1.95. The Morgan fingerprint density at radius 2 is 2.00 bits per heavy atom. The lowest BCUT2D eigenvalue weighted by Gasteiger charge is -2.06. The molecule has 7 nitrogen and oxygen atoms in total.